The summed E-state index contributed by atoms with van der Waals surface area (Å²) in [5, 5.41) is 9.71. The zero-order valence-corrected chi connectivity index (χ0v) is 11.1. The molecule has 0 amide bonds. The molecule has 0 saturated heterocycles. The Bertz CT molecular complexity index is 542. The molecule has 3 nitrogen and oxygen atoms in total. The molecule has 0 fully saturated rings. The van der Waals surface area contributed by atoms with Crippen molar-refractivity contribution in [3.63, 3.8) is 0 Å². The van der Waals surface area contributed by atoms with Crippen LogP contribution >= 0.6 is 11.6 Å². The topological polar surface area (TPSA) is 50.2 Å². The third kappa shape index (κ3) is 3.07. The Morgan fingerprint density at radius 3 is 2.59 bits per heavy atom. The molecule has 0 aliphatic rings. The number of pyridine rings is 1. The molecule has 0 radical (unpaired) electrons. The van der Waals surface area contributed by atoms with Gasteiger partial charge in [0.1, 0.15) is 0 Å². The molecule has 1 N–H and O–H groups in total. The molecule has 1 heterocycles. The van der Waals surface area contributed by atoms with Crippen molar-refractivity contribution >= 4 is 41.6 Å². The number of benzene rings is 1. The zero-order valence-electron chi connectivity index (χ0n) is 8.63. The molecule has 0 unspecified atom stereocenters. The van der Waals surface area contributed by atoms with Gasteiger partial charge in [0.2, 0.25) is 0 Å². The van der Waals surface area contributed by atoms with Gasteiger partial charge in [-0.2, -0.15) is 0 Å². The molecule has 0 bridgehead atoms. The van der Waals surface area contributed by atoms with E-state index in [4.69, 9.17) is 16.7 Å². The molecule has 0 atom stereocenters. The summed E-state index contributed by atoms with van der Waals surface area (Å²) in [4.78, 5) is 15.1. The van der Waals surface area contributed by atoms with E-state index in [2.05, 4.69) is 4.98 Å². The number of hydrogen-bond acceptors (Lipinski definition) is 2. The Balaban J connectivity index is 2.30. The predicted octanol–water partition coefficient (Wildman–Crippen LogP) is 1.09. The van der Waals surface area contributed by atoms with Crippen LogP contribution in [0.3, 0.4) is 0 Å². The van der Waals surface area contributed by atoms with Gasteiger partial charge in [-0.3, -0.25) is 0 Å². The Morgan fingerprint density at radius 1 is 1.24 bits per heavy atom. The third-order valence-electron chi connectivity index (χ3n) is 2.03. The molecule has 1 aromatic heterocycles. The van der Waals surface area contributed by atoms with E-state index in [0.29, 0.717) is 9.61 Å². The minimum absolute atomic E-state index is 0.125. The zero-order chi connectivity index (χ0) is 12.3. The molecule has 17 heavy (non-hydrogen) atoms. The van der Waals surface area contributed by atoms with Crippen molar-refractivity contribution in [2.75, 3.05) is 0 Å². The summed E-state index contributed by atoms with van der Waals surface area (Å²) >= 11 is 5.67. The summed E-state index contributed by atoms with van der Waals surface area (Å²) in [5.74, 6) is -0.941. The first-order valence-corrected chi connectivity index (χ1v) is 6.87. The number of carbonyl (C=O) groups is 1. The van der Waals surface area contributed by atoms with E-state index in [0.717, 1.165) is 4.46 Å². The van der Waals surface area contributed by atoms with Crippen molar-refractivity contribution < 1.29 is 9.90 Å². The molecule has 5 heteroatoms. The Hall–Kier alpha value is -1.35. The van der Waals surface area contributed by atoms with Crippen molar-refractivity contribution in [1.29, 1.82) is 0 Å². The van der Waals surface area contributed by atoms with E-state index in [1.54, 1.807) is 30.5 Å². The fraction of sp³-hybridized carbons (Fsp3) is 0. The fourth-order valence-electron chi connectivity index (χ4n) is 1.25. The van der Waals surface area contributed by atoms with Crippen molar-refractivity contribution in [3.05, 3.63) is 53.2 Å². The molecular formula is C12H8ClNO2Se. The van der Waals surface area contributed by atoms with Gasteiger partial charge in [-0.05, 0) is 0 Å². The molecule has 86 valence electrons. The SMILES string of the molecule is O=C(O)c1cccnc1[Se]c1ccc(Cl)cc1. The predicted molar refractivity (Wildman–Crippen MR) is 67.7 cm³/mol. The minimum atomic E-state index is -0.941. The first-order valence-electron chi connectivity index (χ1n) is 4.78. The summed E-state index contributed by atoms with van der Waals surface area (Å²) in [6, 6.07) is 10.6. The fourth-order valence-corrected chi connectivity index (χ4v) is 3.21. The van der Waals surface area contributed by atoms with Crippen LogP contribution in [-0.4, -0.2) is 31.0 Å². The molecule has 1 aromatic carbocycles. The molecule has 0 spiro atoms. The molecule has 0 aliphatic heterocycles. The standard InChI is InChI=1S/C12H8ClNO2Se/c13-8-3-5-9(6-4-8)17-11-10(12(15)16)2-1-7-14-11/h1-7H,(H,15,16). The van der Waals surface area contributed by atoms with Crippen LogP contribution < -0.4 is 9.05 Å². The number of nitrogens with zero attached hydrogens (tertiary/aromatic N) is 1. The molecular weight excluding hydrogens is 305 g/mol. The van der Waals surface area contributed by atoms with Crippen LogP contribution in [0.4, 0.5) is 0 Å². The van der Waals surface area contributed by atoms with E-state index in [1.165, 1.54) is 0 Å². The van der Waals surface area contributed by atoms with Crippen molar-refractivity contribution in [3.8, 4) is 0 Å². The molecule has 0 aliphatic carbocycles. The number of aromatic nitrogens is 1. The normalized spacial score (nSPS) is 10.2. The number of aromatic carboxylic acids is 1. The van der Waals surface area contributed by atoms with Crippen LogP contribution in [0.5, 0.6) is 0 Å². The summed E-state index contributed by atoms with van der Waals surface area (Å²) in [7, 11) is 0. The van der Waals surface area contributed by atoms with Crippen molar-refractivity contribution in [2.24, 2.45) is 0 Å². The van der Waals surface area contributed by atoms with Crippen LogP contribution in [0, 0.1) is 0 Å². The van der Waals surface area contributed by atoms with Gasteiger partial charge < -0.3 is 0 Å². The van der Waals surface area contributed by atoms with Gasteiger partial charge in [-0.1, -0.05) is 0 Å². The average molecular weight is 313 g/mol. The quantitative estimate of drug-likeness (QED) is 0.863. The van der Waals surface area contributed by atoms with Gasteiger partial charge in [0.25, 0.3) is 0 Å². The Kier molecular flexibility index (Phi) is 3.79. The second kappa shape index (κ2) is 5.32. The van der Waals surface area contributed by atoms with Crippen molar-refractivity contribution in [1.82, 2.24) is 4.98 Å². The van der Waals surface area contributed by atoms with Gasteiger partial charge in [-0.15, -0.1) is 0 Å². The van der Waals surface area contributed by atoms with Gasteiger partial charge in [0, 0.05) is 0 Å². The number of rotatable bonds is 3. The van der Waals surface area contributed by atoms with Crippen LogP contribution in [0.1, 0.15) is 10.4 Å². The van der Waals surface area contributed by atoms with Gasteiger partial charge in [0.05, 0.1) is 0 Å². The van der Waals surface area contributed by atoms with Crippen molar-refractivity contribution in [2.45, 2.75) is 0 Å². The maximum absolute atomic E-state index is 11.0. The van der Waals surface area contributed by atoms with Gasteiger partial charge in [-0.25, -0.2) is 0 Å². The number of carboxylic acids is 1. The van der Waals surface area contributed by atoms with Crippen LogP contribution in [-0.2, 0) is 0 Å². The molecule has 0 saturated carbocycles. The number of carboxylic acid groups (broad SMARTS) is 1. The van der Waals surface area contributed by atoms with Crippen LogP contribution in [0.25, 0.3) is 0 Å². The Labute approximate surface area is 110 Å². The van der Waals surface area contributed by atoms with E-state index in [9.17, 15) is 4.79 Å². The van der Waals surface area contributed by atoms with E-state index in [1.807, 2.05) is 12.1 Å². The Morgan fingerprint density at radius 2 is 1.94 bits per heavy atom. The summed E-state index contributed by atoms with van der Waals surface area (Å²) < 4.78 is 1.66. The first kappa shape index (κ1) is 12.1. The van der Waals surface area contributed by atoms with E-state index < -0.39 is 5.97 Å². The van der Waals surface area contributed by atoms with E-state index >= 15 is 0 Å². The third-order valence-corrected chi connectivity index (χ3v) is 4.44. The monoisotopic (exact) mass is 313 g/mol. The van der Waals surface area contributed by atoms with Crippen LogP contribution in [0.15, 0.2) is 42.6 Å². The summed E-state index contributed by atoms with van der Waals surface area (Å²) in [5.41, 5.74) is 0.266. The van der Waals surface area contributed by atoms with E-state index in [-0.39, 0.29) is 20.5 Å². The molecule has 2 aromatic rings. The number of halogens is 1. The maximum atomic E-state index is 11.0. The first-order chi connectivity index (χ1) is 8.16. The van der Waals surface area contributed by atoms with Gasteiger partial charge in [0.15, 0.2) is 0 Å². The number of hydrogen-bond donors (Lipinski definition) is 1. The van der Waals surface area contributed by atoms with Gasteiger partial charge >= 0.3 is 110 Å². The summed E-state index contributed by atoms with van der Waals surface area (Å²) in [6.07, 6.45) is 1.61. The average Bonchev–Trinajstić information content (AvgIpc) is 2.32. The summed E-state index contributed by atoms with van der Waals surface area (Å²) in [6.45, 7) is 0. The van der Waals surface area contributed by atoms with Crippen LogP contribution in [0.2, 0.25) is 5.02 Å². The molecule has 2 rings (SSSR count). The second-order valence-corrected chi connectivity index (χ2v) is 5.88. The second-order valence-electron chi connectivity index (χ2n) is 3.22.